The average Bonchev–Trinajstić information content (AvgIpc) is 3.60. The van der Waals surface area contributed by atoms with Crippen LogP contribution in [0.3, 0.4) is 0 Å². The highest BCUT2D eigenvalue weighted by molar-refractivity contribution is 5.85. The number of nitrogens with zero attached hydrogens (tertiary/aromatic N) is 6. The van der Waals surface area contributed by atoms with Gasteiger partial charge in [-0.2, -0.15) is 10.4 Å². The van der Waals surface area contributed by atoms with Crippen molar-refractivity contribution in [3.8, 4) is 11.9 Å². The van der Waals surface area contributed by atoms with Crippen LogP contribution in [0.1, 0.15) is 67.1 Å². The van der Waals surface area contributed by atoms with Gasteiger partial charge in [0.25, 0.3) is 5.91 Å². The van der Waals surface area contributed by atoms with Gasteiger partial charge in [0, 0.05) is 25.3 Å². The number of nitriles is 1. The molecule has 1 aliphatic rings. The first-order chi connectivity index (χ1) is 19.3. The summed E-state index contributed by atoms with van der Waals surface area (Å²) in [4.78, 5) is 22.5. The first-order valence-electron chi connectivity index (χ1n) is 12.9. The average molecular weight is 545 g/mol. The minimum absolute atomic E-state index is 0.00665. The molecule has 0 aromatic carbocycles. The fourth-order valence-electron chi connectivity index (χ4n) is 5.02. The molecule has 0 aliphatic heterocycles. The predicted molar refractivity (Wildman–Crippen MR) is 142 cm³/mol. The van der Waals surface area contributed by atoms with Gasteiger partial charge in [-0.1, -0.05) is 11.2 Å². The lowest BCUT2D eigenvalue weighted by molar-refractivity contribution is -0.148. The lowest BCUT2D eigenvalue weighted by atomic mass is 9.76. The number of anilines is 2. The van der Waals surface area contributed by atoms with Crippen LogP contribution < -0.4 is 10.6 Å². The zero-order valence-corrected chi connectivity index (χ0v) is 22.4. The van der Waals surface area contributed by atoms with E-state index in [1.54, 1.807) is 44.5 Å². The van der Waals surface area contributed by atoms with Crippen LogP contribution in [0, 0.1) is 24.1 Å². The van der Waals surface area contributed by atoms with Gasteiger partial charge in [-0.15, -0.1) is 0 Å². The lowest BCUT2D eigenvalue weighted by Gasteiger charge is -2.38. The van der Waals surface area contributed by atoms with Crippen molar-refractivity contribution in [3.63, 3.8) is 0 Å². The summed E-state index contributed by atoms with van der Waals surface area (Å²) in [6.45, 7) is 3.67. The molecule has 1 amide bonds. The third kappa shape index (κ3) is 5.55. The van der Waals surface area contributed by atoms with Gasteiger partial charge in [0.2, 0.25) is 0 Å². The Morgan fingerprint density at radius 2 is 2.05 bits per heavy atom. The van der Waals surface area contributed by atoms with Crippen molar-refractivity contribution in [3.05, 3.63) is 77.3 Å². The molecule has 5 rings (SSSR count). The molecular weight excluding hydrogens is 515 g/mol. The molecule has 0 saturated heterocycles. The molecule has 1 saturated carbocycles. The van der Waals surface area contributed by atoms with Crippen molar-refractivity contribution in [1.82, 2.24) is 30.2 Å². The number of amides is 1. The zero-order chi connectivity index (χ0) is 28.3. The second kappa shape index (κ2) is 11.2. The number of ether oxygens (including phenoxy) is 1. The lowest BCUT2D eigenvalue weighted by Crippen LogP contribution is -2.50. The van der Waals surface area contributed by atoms with Crippen LogP contribution in [0.15, 0.2) is 53.4 Å². The highest BCUT2D eigenvalue weighted by Gasteiger charge is 2.43. The second-order valence-corrected chi connectivity index (χ2v) is 9.91. The van der Waals surface area contributed by atoms with E-state index in [2.05, 4.69) is 31.9 Å². The Kier molecular flexibility index (Phi) is 7.57. The fraction of sp³-hybridized carbons (Fsp3) is 0.357. The van der Waals surface area contributed by atoms with Crippen molar-refractivity contribution in [2.45, 2.75) is 57.1 Å². The molecule has 4 aromatic rings. The molecule has 11 nitrogen and oxygen atoms in total. The standard InChI is InChI=1S/C28H29FN8O3/c1-17-12-24(36-40-17)34-23-6-4-20(13-30)26(35-23)19-8-10-28(39-3,11-9-19)27(38)33-18(2)21-5-7-25(31-14-21)37-16-22(29)15-32-37/h4-7,12,14-16,18-19H,8-11H2,1-3H3,(H,33,38)(H,34,35,36)/t18-,19-,28-/m0/s1. The van der Waals surface area contributed by atoms with E-state index in [9.17, 15) is 14.4 Å². The van der Waals surface area contributed by atoms with Crippen LogP contribution in [-0.4, -0.2) is 43.5 Å². The van der Waals surface area contributed by atoms with E-state index in [-0.39, 0.29) is 17.9 Å². The molecule has 1 atom stereocenters. The zero-order valence-electron chi connectivity index (χ0n) is 22.4. The van der Waals surface area contributed by atoms with E-state index in [0.717, 1.165) is 11.8 Å². The van der Waals surface area contributed by atoms with Gasteiger partial charge >= 0.3 is 0 Å². The van der Waals surface area contributed by atoms with Crippen molar-refractivity contribution >= 4 is 17.5 Å². The van der Waals surface area contributed by atoms with E-state index in [1.807, 2.05) is 13.0 Å². The van der Waals surface area contributed by atoms with Gasteiger partial charge in [0.05, 0.1) is 29.7 Å². The molecule has 4 heterocycles. The van der Waals surface area contributed by atoms with Crippen LogP contribution in [-0.2, 0) is 9.53 Å². The summed E-state index contributed by atoms with van der Waals surface area (Å²) in [6, 6.07) is 10.7. The Hall–Kier alpha value is -4.63. The number of nitrogens with one attached hydrogen (secondary N) is 2. The highest BCUT2D eigenvalue weighted by Crippen LogP contribution is 2.41. The molecule has 0 bridgehead atoms. The van der Waals surface area contributed by atoms with Crippen molar-refractivity contribution in [1.29, 1.82) is 5.26 Å². The summed E-state index contributed by atoms with van der Waals surface area (Å²) in [5, 5.41) is 23.7. The van der Waals surface area contributed by atoms with E-state index in [0.29, 0.717) is 60.2 Å². The number of rotatable bonds is 8. The molecule has 12 heteroatoms. The van der Waals surface area contributed by atoms with Crippen LogP contribution in [0.25, 0.3) is 5.82 Å². The number of carbonyl (C=O) groups is 1. The third-order valence-corrected chi connectivity index (χ3v) is 7.32. The van der Waals surface area contributed by atoms with E-state index < -0.39 is 11.4 Å². The highest BCUT2D eigenvalue weighted by atomic mass is 19.1. The van der Waals surface area contributed by atoms with Gasteiger partial charge in [0.15, 0.2) is 17.5 Å². The first kappa shape index (κ1) is 27.0. The summed E-state index contributed by atoms with van der Waals surface area (Å²) in [5.74, 6) is 1.59. The molecule has 0 radical (unpaired) electrons. The molecule has 0 spiro atoms. The molecule has 2 N–H and O–H groups in total. The summed E-state index contributed by atoms with van der Waals surface area (Å²) in [6.07, 6.45) is 6.18. The minimum Gasteiger partial charge on any atom is -0.368 e. The third-order valence-electron chi connectivity index (χ3n) is 7.32. The van der Waals surface area contributed by atoms with Crippen LogP contribution >= 0.6 is 0 Å². The molecule has 1 aliphatic carbocycles. The maximum atomic E-state index is 13.4. The molecular formula is C28H29FN8O3. The quantitative estimate of drug-likeness (QED) is 0.324. The Labute approximate surface area is 230 Å². The van der Waals surface area contributed by atoms with Crippen molar-refractivity contribution in [2.75, 3.05) is 12.4 Å². The van der Waals surface area contributed by atoms with Gasteiger partial charge in [-0.25, -0.2) is 19.0 Å². The summed E-state index contributed by atoms with van der Waals surface area (Å²) >= 11 is 0. The summed E-state index contributed by atoms with van der Waals surface area (Å²) in [5.41, 5.74) is 0.989. The Morgan fingerprint density at radius 3 is 2.65 bits per heavy atom. The maximum absolute atomic E-state index is 13.4. The summed E-state index contributed by atoms with van der Waals surface area (Å²) in [7, 11) is 1.55. The Bertz CT molecular complexity index is 1530. The van der Waals surface area contributed by atoms with Crippen LogP contribution in [0.4, 0.5) is 16.0 Å². The van der Waals surface area contributed by atoms with Gasteiger partial charge in [-0.3, -0.25) is 4.79 Å². The molecule has 1 fully saturated rings. The van der Waals surface area contributed by atoms with Crippen LogP contribution in [0.2, 0.25) is 0 Å². The fourth-order valence-corrected chi connectivity index (χ4v) is 5.02. The molecule has 4 aromatic heterocycles. The topological polar surface area (TPSA) is 144 Å². The Balaban J connectivity index is 1.24. The maximum Gasteiger partial charge on any atom is 0.252 e. The van der Waals surface area contributed by atoms with E-state index in [1.165, 1.54) is 10.9 Å². The number of carbonyl (C=O) groups excluding carboxylic acids is 1. The first-order valence-corrected chi connectivity index (χ1v) is 12.9. The molecule has 40 heavy (non-hydrogen) atoms. The normalized spacial score (nSPS) is 19.5. The van der Waals surface area contributed by atoms with E-state index in [4.69, 9.17) is 14.2 Å². The van der Waals surface area contributed by atoms with Crippen molar-refractivity contribution < 1.29 is 18.4 Å². The number of halogens is 1. The number of hydrogen-bond acceptors (Lipinski definition) is 9. The molecule has 206 valence electrons. The largest absolute Gasteiger partial charge is 0.368 e. The van der Waals surface area contributed by atoms with Gasteiger partial charge in [-0.05, 0) is 63.3 Å². The van der Waals surface area contributed by atoms with E-state index >= 15 is 0 Å². The van der Waals surface area contributed by atoms with Crippen molar-refractivity contribution in [2.24, 2.45) is 0 Å². The summed E-state index contributed by atoms with van der Waals surface area (Å²) < 4.78 is 25.5. The number of methoxy groups -OCH3 is 1. The van der Waals surface area contributed by atoms with Gasteiger partial charge < -0.3 is 19.9 Å². The minimum atomic E-state index is -0.994. The number of hydrogen-bond donors (Lipinski definition) is 2. The smallest absolute Gasteiger partial charge is 0.252 e. The predicted octanol–water partition coefficient (Wildman–Crippen LogP) is 4.63. The van der Waals surface area contributed by atoms with Crippen LogP contribution in [0.5, 0.6) is 0 Å². The van der Waals surface area contributed by atoms with Gasteiger partial charge in [0.1, 0.15) is 23.2 Å². The number of aromatic nitrogens is 5. The number of aryl methyl sites for hydroxylation is 1. The Morgan fingerprint density at radius 1 is 1.25 bits per heavy atom. The second-order valence-electron chi connectivity index (χ2n) is 9.91. The molecule has 0 unspecified atom stereocenters. The monoisotopic (exact) mass is 544 g/mol. The SMILES string of the molecule is CO[C@]1(C(=O)N[C@@H](C)c2ccc(-n3cc(F)cn3)nc2)CC[C@@H](c2nc(Nc3cc(C)on3)ccc2C#N)CC1. The number of pyridine rings is 2.